The lowest BCUT2D eigenvalue weighted by Gasteiger charge is -2.28. The SMILES string of the molecule is CC1=C(C(=O)Nc2ccccc2)C(c2ccco2)C(C#N)=C(SCC(=O)c2ccc(Cl)c(Cl)c2)N1. The van der Waals surface area contributed by atoms with Gasteiger partial charge < -0.3 is 15.1 Å². The number of carbonyl (C=O) groups excluding carboxylic acids is 2. The van der Waals surface area contributed by atoms with Crippen molar-refractivity contribution >= 4 is 52.3 Å². The van der Waals surface area contributed by atoms with Gasteiger partial charge >= 0.3 is 0 Å². The number of Topliss-reactive ketones (excluding diaryl/α,β-unsaturated/α-hetero) is 1. The van der Waals surface area contributed by atoms with E-state index in [2.05, 4.69) is 16.7 Å². The first-order valence-electron chi connectivity index (χ1n) is 10.5. The Hall–Kier alpha value is -3.44. The molecule has 1 amide bonds. The van der Waals surface area contributed by atoms with Gasteiger partial charge in [-0.3, -0.25) is 9.59 Å². The third-order valence-electron chi connectivity index (χ3n) is 5.34. The first kappa shape index (κ1) is 24.7. The summed E-state index contributed by atoms with van der Waals surface area (Å²) >= 11 is 13.2. The topological polar surface area (TPSA) is 95.1 Å². The minimum atomic E-state index is -0.734. The summed E-state index contributed by atoms with van der Waals surface area (Å²) in [5, 5.41) is 17.3. The number of rotatable bonds is 7. The van der Waals surface area contributed by atoms with Crippen LogP contribution < -0.4 is 10.6 Å². The molecule has 0 fully saturated rings. The number of hydrogen-bond donors (Lipinski definition) is 2. The number of amides is 1. The Balaban J connectivity index is 1.63. The number of benzene rings is 2. The van der Waals surface area contributed by atoms with Gasteiger partial charge in [0.1, 0.15) is 5.76 Å². The molecule has 0 saturated carbocycles. The van der Waals surface area contributed by atoms with E-state index >= 15 is 0 Å². The van der Waals surface area contributed by atoms with Gasteiger partial charge in [0.2, 0.25) is 0 Å². The number of thioether (sulfide) groups is 1. The lowest BCUT2D eigenvalue weighted by Crippen LogP contribution is -2.30. The van der Waals surface area contributed by atoms with Crippen LogP contribution in [0, 0.1) is 11.3 Å². The number of allylic oxidation sites excluding steroid dienone is 2. The van der Waals surface area contributed by atoms with Crippen LogP contribution in [0.5, 0.6) is 0 Å². The summed E-state index contributed by atoms with van der Waals surface area (Å²) in [6.07, 6.45) is 1.50. The number of nitrogens with zero attached hydrogens (tertiary/aromatic N) is 1. The van der Waals surface area contributed by atoms with Crippen molar-refractivity contribution in [2.75, 3.05) is 11.1 Å². The number of nitrogens with one attached hydrogen (secondary N) is 2. The van der Waals surface area contributed by atoms with E-state index in [1.165, 1.54) is 24.1 Å². The van der Waals surface area contributed by atoms with Gasteiger partial charge in [0.15, 0.2) is 5.78 Å². The van der Waals surface area contributed by atoms with Gasteiger partial charge in [0, 0.05) is 16.9 Å². The van der Waals surface area contributed by atoms with Crippen molar-refractivity contribution in [1.82, 2.24) is 5.32 Å². The molecule has 1 aliphatic heterocycles. The fourth-order valence-corrected chi connectivity index (χ4v) is 4.96. The zero-order chi connectivity index (χ0) is 24.9. The number of dihydropyridines is 1. The van der Waals surface area contributed by atoms with E-state index in [0.29, 0.717) is 43.4 Å². The normalized spacial score (nSPS) is 15.4. The van der Waals surface area contributed by atoms with Gasteiger partial charge in [0.25, 0.3) is 5.91 Å². The Morgan fingerprint density at radius 2 is 1.89 bits per heavy atom. The number of halogens is 2. The molecule has 9 heteroatoms. The van der Waals surface area contributed by atoms with Crippen LogP contribution in [0.15, 0.2) is 93.2 Å². The molecule has 0 radical (unpaired) electrons. The highest BCUT2D eigenvalue weighted by Crippen LogP contribution is 2.41. The Bertz CT molecular complexity index is 1380. The number of furan rings is 1. The van der Waals surface area contributed by atoms with Crippen LogP contribution in [0.25, 0.3) is 0 Å². The van der Waals surface area contributed by atoms with E-state index in [0.717, 1.165) is 0 Å². The number of nitriles is 1. The maximum absolute atomic E-state index is 13.3. The van der Waals surface area contributed by atoms with E-state index in [9.17, 15) is 14.9 Å². The minimum Gasteiger partial charge on any atom is -0.468 e. The number of hydrogen-bond acceptors (Lipinski definition) is 6. The van der Waals surface area contributed by atoms with E-state index in [1.807, 2.05) is 18.2 Å². The molecule has 0 bridgehead atoms. The van der Waals surface area contributed by atoms with Crippen molar-refractivity contribution in [2.24, 2.45) is 0 Å². The first-order valence-corrected chi connectivity index (χ1v) is 12.3. The van der Waals surface area contributed by atoms with Gasteiger partial charge in [-0.2, -0.15) is 5.26 Å². The molecule has 0 aliphatic carbocycles. The van der Waals surface area contributed by atoms with Crippen LogP contribution in [-0.2, 0) is 4.79 Å². The summed E-state index contributed by atoms with van der Waals surface area (Å²) in [5.74, 6) is -0.762. The van der Waals surface area contributed by atoms with E-state index in [4.69, 9.17) is 27.6 Å². The molecule has 35 heavy (non-hydrogen) atoms. The predicted molar refractivity (Wildman–Crippen MR) is 138 cm³/mol. The maximum Gasteiger partial charge on any atom is 0.254 e. The second-order valence-electron chi connectivity index (χ2n) is 7.63. The predicted octanol–water partition coefficient (Wildman–Crippen LogP) is 6.54. The molecule has 2 N–H and O–H groups in total. The van der Waals surface area contributed by atoms with Gasteiger partial charge in [-0.05, 0) is 49.4 Å². The molecule has 2 heterocycles. The van der Waals surface area contributed by atoms with Crippen LogP contribution in [0.2, 0.25) is 10.0 Å². The van der Waals surface area contributed by atoms with Crippen molar-refractivity contribution in [3.05, 3.63) is 110 Å². The molecular formula is C26H19Cl2N3O3S. The fraction of sp³-hybridized carbons (Fsp3) is 0.115. The molecule has 2 aromatic carbocycles. The van der Waals surface area contributed by atoms with Gasteiger partial charge in [-0.25, -0.2) is 0 Å². The van der Waals surface area contributed by atoms with E-state index in [1.54, 1.807) is 43.3 Å². The van der Waals surface area contributed by atoms with Crippen molar-refractivity contribution in [3.63, 3.8) is 0 Å². The molecule has 176 valence electrons. The highest BCUT2D eigenvalue weighted by atomic mass is 35.5. The Morgan fingerprint density at radius 1 is 1.11 bits per heavy atom. The van der Waals surface area contributed by atoms with Crippen molar-refractivity contribution in [2.45, 2.75) is 12.8 Å². The maximum atomic E-state index is 13.3. The summed E-state index contributed by atoms with van der Waals surface area (Å²) in [5.41, 5.74) is 2.25. The molecule has 1 aromatic heterocycles. The van der Waals surface area contributed by atoms with Crippen LogP contribution >= 0.6 is 35.0 Å². The zero-order valence-electron chi connectivity index (χ0n) is 18.5. The average Bonchev–Trinajstić information content (AvgIpc) is 3.39. The Kier molecular flexibility index (Phi) is 7.67. The molecule has 6 nitrogen and oxygen atoms in total. The van der Waals surface area contributed by atoms with Gasteiger partial charge in [-0.15, -0.1) is 0 Å². The Labute approximate surface area is 216 Å². The third kappa shape index (κ3) is 5.46. The van der Waals surface area contributed by atoms with Crippen molar-refractivity contribution < 1.29 is 14.0 Å². The van der Waals surface area contributed by atoms with Crippen LogP contribution in [0.4, 0.5) is 5.69 Å². The van der Waals surface area contributed by atoms with E-state index in [-0.39, 0.29) is 23.0 Å². The van der Waals surface area contributed by atoms with Gasteiger partial charge in [-0.1, -0.05) is 53.2 Å². The molecule has 1 atom stereocenters. The molecular weight excluding hydrogens is 505 g/mol. The second-order valence-corrected chi connectivity index (χ2v) is 9.43. The molecule has 3 aromatic rings. The van der Waals surface area contributed by atoms with Crippen molar-refractivity contribution in [1.29, 1.82) is 5.26 Å². The largest absolute Gasteiger partial charge is 0.468 e. The molecule has 0 saturated heterocycles. The molecule has 1 aliphatic rings. The quantitative estimate of drug-likeness (QED) is 0.341. The number of anilines is 1. The minimum absolute atomic E-state index is 0.0508. The smallest absolute Gasteiger partial charge is 0.254 e. The highest BCUT2D eigenvalue weighted by Gasteiger charge is 2.36. The van der Waals surface area contributed by atoms with Crippen LogP contribution in [-0.4, -0.2) is 17.4 Å². The number of ketones is 1. The summed E-state index contributed by atoms with van der Waals surface area (Å²) < 4.78 is 5.62. The molecule has 0 spiro atoms. The first-order chi connectivity index (χ1) is 16.9. The fourth-order valence-electron chi connectivity index (χ4n) is 3.68. The third-order valence-corrected chi connectivity index (χ3v) is 7.10. The molecule has 1 unspecified atom stereocenters. The monoisotopic (exact) mass is 523 g/mol. The highest BCUT2D eigenvalue weighted by molar-refractivity contribution is 8.03. The van der Waals surface area contributed by atoms with Crippen LogP contribution in [0.3, 0.4) is 0 Å². The summed E-state index contributed by atoms with van der Waals surface area (Å²) in [7, 11) is 0. The lowest BCUT2D eigenvalue weighted by molar-refractivity contribution is -0.113. The second kappa shape index (κ2) is 10.9. The number of carbonyl (C=O) groups is 2. The zero-order valence-corrected chi connectivity index (χ0v) is 20.8. The van der Waals surface area contributed by atoms with E-state index < -0.39 is 5.92 Å². The van der Waals surface area contributed by atoms with Crippen molar-refractivity contribution in [3.8, 4) is 6.07 Å². The summed E-state index contributed by atoms with van der Waals surface area (Å²) in [6.45, 7) is 1.76. The Morgan fingerprint density at radius 3 is 2.54 bits per heavy atom. The molecule has 4 rings (SSSR count). The van der Waals surface area contributed by atoms with Gasteiger partial charge in [0.05, 0.1) is 50.2 Å². The lowest BCUT2D eigenvalue weighted by atomic mass is 9.85. The number of para-hydroxylation sites is 1. The van der Waals surface area contributed by atoms with Crippen LogP contribution in [0.1, 0.15) is 29.0 Å². The average molecular weight is 524 g/mol. The summed E-state index contributed by atoms with van der Waals surface area (Å²) in [4.78, 5) is 26.1. The standard InChI is InChI=1S/C26H19Cl2N3O3S/c1-15-23(25(33)31-17-6-3-2-4-7-17)24(22-8-5-11-34-22)18(13-29)26(30-15)35-14-21(32)16-9-10-19(27)20(28)12-16/h2-12,24,30H,14H2,1H3,(H,31,33). The summed E-state index contributed by atoms with van der Waals surface area (Å²) in [6, 6.07) is 19.4.